The summed E-state index contributed by atoms with van der Waals surface area (Å²) in [4.78, 5) is 34.1. The Labute approximate surface area is 280 Å². The Morgan fingerprint density at radius 1 is 1.10 bits per heavy atom. The van der Waals surface area contributed by atoms with Gasteiger partial charge in [-0.1, -0.05) is 18.2 Å². The standard InChI is InChI=1S/C34H36F3N7O5/c1-3-48-31(47)23-6-4-5-21(15-23)22-7-8-26(44-12-9-20(2)42-44)24(16-22)29(34(35,36)37)49-28-17-27(40-32(38)41-28)43-13-10-33(11-14-43)18-25(30(45)46)39-19-33/h4-9,12,15-17,25,29,39H,3,10-11,13-14,18-19H2,1-2H3,(H,45,46)(H2,38,40,41). The molecule has 2 aromatic heterocycles. The lowest BCUT2D eigenvalue weighted by Crippen LogP contribution is -2.41. The van der Waals surface area contributed by atoms with E-state index in [1.54, 1.807) is 56.4 Å². The van der Waals surface area contributed by atoms with E-state index in [4.69, 9.17) is 15.2 Å². The fraction of sp³-hybridized carbons (Fsp3) is 0.382. The summed E-state index contributed by atoms with van der Waals surface area (Å²) in [5.41, 5.74) is 7.48. The number of carboxylic acid groups (broad SMARTS) is 1. The highest BCUT2D eigenvalue weighted by Gasteiger charge is 2.46. The van der Waals surface area contributed by atoms with Crippen LogP contribution in [0.25, 0.3) is 16.8 Å². The molecule has 2 unspecified atom stereocenters. The Morgan fingerprint density at radius 3 is 2.51 bits per heavy atom. The van der Waals surface area contributed by atoms with E-state index < -0.39 is 30.3 Å². The van der Waals surface area contributed by atoms with Crippen LogP contribution in [0.3, 0.4) is 0 Å². The van der Waals surface area contributed by atoms with Crippen molar-refractivity contribution in [2.24, 2.45) is 5.41 Å². The molecule has 258 valence electrons. The smallest absolute Gasteiger partial charge is 0.429 e. The summed E-state index contributed by atoms with van der Waals surface area (Å²) in [5.74, 6) is -1.74. The summed E-state index contributed by atoms with van der Waals surface area (Å²) in [5, 5.41) is 16.8. The Morgan fingerprint density at radius 2 is 1.86 bits per heavy atom. The van der Waals surface area contributed by atoms with Crippen LogP contribution in [0.5, 0.6) is 5.88 Å². The predicted octanol–water partition coefficient (Wildman–Crippen LogP) is 5.11. The predicted molar refractivity (Wildman–Crippen MR) is 173 cm³/mol. The van der Waals surface area contributed by atoms with Gasteiger partial charge < -0.3 is 30.5 Å². The summed E-state index contributed by atoms with van der Waals surface area (Å²) in [6.07, 6.45) is -3.99. The van der Waals surface area contributed by atoms with Gasteiger partial charge in [-0.25, -0.2) is 9.48 Å². The topological polar surface area (TPSA) is 158 Å². The molecule has 49 heavy (non-hydrogen) atoms. The van der Waals surface area contributed by atoms with Crippen molar-refractivity contribution in [1.29, 1.82) is 0 Å². The fourth-order valence-electron chi connectivity index (χ4n) is 6.50. The molecule has 0 radical (unpaired) electrons. The molecule has 2 aliphatic heterocycles. The van der Waals surface area contributed by atoms with Crippen LogP contribution in [0.1, 0.15) is 53.9 Å². The lowest BCUT2D eigenvalue weighted by atomic mass is 9.76. The molecule has 4 heterocycles. The molecule has 0 bridgehead atoms. The number of aryl methyl sites for hydroxylation is 1. The maximum Gasteiger partial charge on any atom is 0.429 e. The van der Waals surface area contributed by atoms with Crippen molar-refractivity contribution in [2.45, 2.75) is 51.4 Å². The Balaban J connectivity index is 1.33. The van der Waals surface area contributed by atoms with Crippen molar-refractivity contribution in [1.82, 2.24) is 25.1 Å². The number of ether oxygens (including phenoxy) is 2. The number of aliphatic carboxylic acids is 1. The van der Waals surface area contributed by atoms with E-state index in [1.165, 1.54) is 22.9 Å². The van der Waals surface area contributed by atoms with Gasteiger partial charge in [0.2, 0.25) is 17.9 Å². The first-order valence-corrected chi connectivity index (χ1v) is 15.9. The van der Waals surface area contributed by atoms with E-state index in [0.29, 0.717) is 61.5 Å². The summed E-state index contributed by atoms with van der Waals surface area (Å²) in [6, 6.07) is 13.4. The molecule has 12 nitrogen and oxygen atoms in total. The van der Waals surface area contributed by atoms with Crippen molar-refractivity contribution in [3.63, 3.8) is 0 Å². The first-order valence-electron chi connectivity index (χ1n) is 15.9. The third-order valence-electron chi connectivity index (χ3n) is 9.04. The lowest BCUT2D eigenvalue weighted by Gasteiger charge is -2.39. The molecule has 0 amide bonds. The van der Waals surface area contributed by atoms with Crippen LogP contribution in [-0.2, 0) is 9.53 Å². The number of halogens is 3. The van der Waals surface area contributed by atoms with Crippen molar-refractivity contribution in [2.75, 3.05) is 36.9 Å². The number of benzene rings is 2. The Bertz CT molecular complexity index is 1860. The second-order valence-corrected chi connectivity index (χ2v) is 12.4. The van der Waals surface area contributed by atoms with E-state index in [9.17, 15) is 14.7 Å². The van der Waals surface area contributed by atoms with E-state index in [0.717, 1.165) is 0 Å². The molecule has 15 heteroatoms. The molecule has 1 spiro atoms. The molecule has 2 saturated heterocycles. The molecular formula is C34H36F3N7O5. The summed E-state index contributed by atoms with van der Waals surface area (Å²) in [6.45, 7) is 5.17. The van der Waals surface area contributed by atoms with E-state index in [-0.39, 0.29) is 40.7 Å². The second-order valence-electron chi connectivity index (χ2n) is 12.4. The van der Waals surface area contributed by atoms with Gasteiger partial charge in [-0.3, -0.25) is 4.79 Å². The highest BCUT2D eigenvalue weighted by atomic mass is 19.4. The van der Waals surface area contributed by atoms with Crippen LogP contribution < -0.4 is 20.7 Å². The molecule has 4 aromatic rings. The Kier molecular flexibility index (Phi) is 9.20. The van der Waals surface area contributed by atoms with Crippen molar-refractivity contribution in [3.8, 4) is 22.7 Å². The highest BCUT2D eigenvalue weighted by Crippen LogP contribution is 2.43. The van der Waals surface area contributed by atoms with E-state index in [1.807, 2.05) is 4.90 Å². The first-order chi connectivity index (χ1) is 23.3. The highest BCUT2D eigenvalue weighted by molar-refractivity contribution is 5.91. The van der Waals surface area contributed by atoms with Gasteiger partial charge in [0.05, 0.1) is 23.6 Å². The number of nitrogens with two attached hydrogens (primary N) is 1. The molecule has 4 N–H and O–H groups in total. The maximum absolute atomic E-state index is 15.0. The molecule has 0 aliphatic carbocycles. The summed E-state index contributed by atoms with van der Waals surface area (Å²) < 4.78 is 57.3. The number of esters is 1. The van der Waals surface area contributed by atoms with Crippen LogP contribution in [-0.4, -0.2) is 75.3 Å². The van der Waals surface area contributed by atoms with Crippen molar-refractivity contribution >= 4 is 23.7 Å². The van der Waals surface area contributed by atoms with Gasteiger partial charge in [0.1, 0.15) is 11.9 Å². The maximum atomic E-state index is 15.0. The quantitative estimate of drug-likeness (QED) is 0.202. The van der Waals surface area contributed by atoms with Crippen LogP contribution in [0.4, 0.5) is 24.9 Å². The fourth-order valence-corrected chi connectivity index (χ4v) is 6.50. The zero-order valence-electron chi connectivity index (χ0n) is 26.9. The number of carbonyl (C=O) groups is 2. The van der Waals surface area contributed by atoms with Crippen molar-refractivity contribution < 1.29 is 37.3 Å². The molecule has 0 saturated carbocycles. The number of nitrogens with zero attached hydrogens (tertiary/aromatic N) is 5. The number of hydrogen-bond acceptors (Lipinski definition) is 10. The molecule has 2 aromatic carbocycles. The lowest BCUT2D eigenvalue weighted by molar-refractivity contribution is -0.198. The number of aromatic nitrogens is 4. The Hall–Kier alpha value is -5.18. The van der Waals surface area contributed by atoms with Gasteiger partial charge in [0.25, 0.3) is 0 Å². The third-order valence-corrected chi connectivity index (χ3v) is 9.04. The minimum absolute atomic E-state index is 0.133. The molecule has 2 atom stereocenters. The first kappa shape index (κ1) is 33.7. The average molecular weight is 680 g/mol. The van der Waals surface area contributed by atoms with Gasteiger partial charge in [-0.05, 0) is 80.0 Å². The number of nitrogen functional groups attached to an aromatic ring is 1. The molecule has 2 fully saturated rings. The molecular weight excluding hydrogens is 643 g/mol. The molecule has 2 aliphatic rings. The number of rotatable bonds is 9. The minimum atomic E-state index is -4.91. The van der Waals surface area contributed by atoms with Gasteiger partial charge in [0, 0.05) is 37.5 Å². The SMILES string of the molecule is CCOC(=O)c1cccc(-c2ccc(-n3ccc(C)n3)c(C(Oc3cc(N4CCC5(CC4)CNC(C(=O)O)C5)nc(N)n3)C(F)(F)F)c2)c1. The zero-order valence-corrected chi connectivity index (χ0v) is 26.9. The summed E-state index contributed by atoms with van der Waals surface area (Å²) in [7, 11) is 0. The van der Waals surface area contributed by atoms with Gasteiger partial charge in [-0.15, -0.1) is 0 Å². The minimum Gasteiger partial charge on any atom is -0.480 e. The summed E-state index contributed by atoms with van der Waals surface area (Å²) >= 11 is 0. The average Bonchev–Trinajstić information content (AvgIpc) is 3.69. The van der Waals surface area contributed by atoms with Gasteiger partial charge in [-0.2, -0.15) is 28.2 Å². The van der Waals surface area contributed by atoms with Gasteiger partial charge >= 0.3 is 18.1 Å². The van der Waals surface area contributed by atoms with Gasteiger partial charge in [0.15, 0.2) is 0 Å². The van der Waals surface area contributed by atoms with E-state index in [2.05, 4.69) is 20.4 Å². The van der Waals surface area contributed by atoms with Crippen LogP contribution in [0, 0.1) is 12.3 Å². The number of hydrogen-bond donors (Lipinski definition) is 3. The van der Waals surface area contributed by atoms with Crippen LogP contribution in [0.15, 0.2) is 60.8 Å². The largest absolute Gasteiger partial charge is 0.480 e. The van der Waals surface area contributed by atoms with Crippen molar-refractivity contribution in [3.05, 3.63) is 77.6 Å². The number of carbonyl (C=O) groups excluding carboxylic acids is 1. The number of carboxylic acids is 1. The number of alkyl halides is 3. The number of nitrogens with one attached hydrogen (secondary N) is 1. The third kappa shape index (κ3) is 7.31. The number of piperidine rings is 1. The monoisotopic (exact) mass is 679 g/mol. The zero-order chi connectivity index (χ0) is 34.9. The van der Waals surface area contributed by atoms with Crippen LogP contribution >= 0.6 is 0 Å². The molecule has 6 rings (SSSR count). The normalized spacial score (nSPS) is 18.0. The van der Waals surface area contributed by atoms with E-state index >= 15 is 13.2 Å². The van der Waals surface area contributed by atoms with Crippen LogP contribution in [0.2, 0.25) is 0 Å². The second kappa shape index (κ2) is 13.4. The number of anilines is 2.